The Hall–Kier alpha value is -1.72. The number of amides is 1. The van der Waals surface area contributed by atoms with Crippen LogP contribution in [0.2, 0.25) is 5.02 Å². The van der Waals surface area contributed by atoms with Gasteiger partial charge in [-0.25, -0.2) is 5.01 Å². The van der Waals surface area contributed by atoms with Gasteiger partial charge >= 0.3 is 0 Å². The molecule has 1 aliphatic heterocycles. The number of hydrazine groups is 1. The molecule has 19 heavy (non-hydrogen) atoms. The summed E-state index contributed by atoms with van der Waals surface area (Å²) in [6.07, 6.45) is 3.10. The zero-order chi connectivity index (χ0) is 13.8. The van der Waals surface area contributed by atoms with E-state index in [0.29, 0.717) is 29.7 Å². The molecule has 0 unspecified atom stereocenters. The summed E-state index contributed by atoms with van der Waals surface area (Å²) in [5, 5.41) is 2.05. The van der Waals surface area contributed by atoms with Gasteiger partial charge in [0.15, 0.2) is 11.5 Å². The van der Waals surface area contributed by atoms with Crippen LogP contribution in [0.1, 0.15) is 5.56 Å². The lowest BCUT2D eigenvalue weighted by Gasteiger charge is -2.19. The number of nitrogens with one attached hydrogen (secondary N) is 1. The maximum Gasteiger partial charge on any atom is 0.258 e. The van der Waals surface area contributed by atoms with Crippen LogP contribution < -0.4 is 14.9 Å². The molecule has 0 fully saturated rings. The van der Waals surface area contributed by atoms with Crippen LogP contribution in [0.5, 0.6) is 11.5 Å². The molecular weight excluding hydrogens is 268 g/mol. The summed E-state index contributed by atoms with van der Waals surface area (Å²) in [6, 6.07) is 3.52. The fourth-order valence-corrected chi connectivity index (χ4v) is 1.93. The van der Waals surface area contributed by atoms with E-state index in [9.17, 15) is 4.79 Å². The summed E-state index contributed by atoms with van der Waals surface area (Å²) in [5.74, 6) is 0.949. The highest BCUT2D eigenvalue weighted by atomic mass is 35.5. The van der Waals surface area contributed by atoms with Crippen molar-refractivity contribution in [3.8, 4) is 11.5 Å². The molecule has 0 saturated heterocycles. The predicted molar refractivity (Wildman–Crippen MR) is 73.3 cm³/mol. The van der Waals surface area contributed by atoms with Gasteiger partial charge in [-0.15, -0.1) is 0 Å². The Bertz CT molecular complexity index is 515. The summed E-state index contributed by atoms with van der Waals surface area (Å²) >= 11 is 6.10. The Kier molecular flexibility index (Phi) is 4.29. The van der Waals surface area contributed by atoms with Gasteiger partial charge in [-0.1, -0.05) is 11.6 Å². The van der Waals surface area contributed by atoms with Gasteiger partial charge in [0.2, 0.25) is 0 Å². The number of carbonyl (C=O) groups excluding carboxylic acids is 1. The van der Waals surface area contributed by atoms with Gasteiger partial charge in [-0.3, -0.25) is 10.2 Å². The molecule has 1 aromatic rings. The number of fused-ring (bicyclic) bond motifs is 1. The van der Waals surface area contributed by atoms with E-state index in [4.69, 9.17) is 21.1 Å². The zero-order valence-electron chi connectivity index (χ0n) is 10.8. The molecule has 2 rings (SSSR count). The molecule has 5 nitrogen and oxygen atoms in total. The monoisotopic (exact) mass is 282 g/mol. The first-order valence-corrected chi connectivity index (χ1v) is 6.19. The maximum absolute atomic E-state index is 11.5. The second-order valence-electron chi connectivity index (χ2n) is 4.23. The van der Waals surface area contributed by atoms with Crippen molar-refractivity contribution in [2.75, 3.05) is 27.3 Å². The first-order chi connectivity index (χ1) is 9.06. The van der Waals surface area contributed by atoms with Crippen LogP contribution in [0.15, 0.2) is 18.2 Å². The standard InChI is InChI=1S/C13H15ClN2O3/c1-16(2)15-12(17)4-3-9-7-10(14)13-11(8-9)18-5-6-19-13/h3-4,7-8H,5-6H2,1-2H3,(H,15,17)/b4-3+. The minimum absolute atomic E-state index is 0.212. The van der Waals surface area contributed by atoms with Crippen molar-refractivity contribution in [2.45, 2.75) is 0 Å². The third-order valence-electron chi connectivity index (χ3n) is 2.38. The van der Waals surface area contributed by atoms with E-state index in [0.717, 1.165) is 5.56 Å². The van der Waals surface area contributed by atoms with Crippen molar-refractivity contribution in [2.24, 2.45) is 0 Å². The van der Waals surface area contributed by atoms with E-state index in [-0.39, 0.29) is 5.91 Å². The molecule has 0 aliphatic carbocycles. The van der Waals surface area contributed by atoms with Crippen LogP contribution in [0.25, 0.3) is 6.08 Å². The number of benzene rings is 1. The molecule has 0 spiro atoms. The number of hydrogen-bond acceptors (Lipinski definition) is 4. The van der Waals surface area contributed by atoms with Crippen molar-refractivity contribution in [3.05, 3.63) is 28.8 Å². The van der Waals surface area contributed by atoms with Crippen LogP contribution in [0, 0.1) is 0 Å². The Morgan fingerprint density at radius 2 is 2.11 bits per heavy atom. The van der Waals surface area contributed by atoms with Crippen LogP contribution in [-0.4, -0.2) is 38.2 Å². The zero-order valence-corrected chi connectivity index (χ0v) is 11.5. The van der Waals surface area contributed by atoms with Crippen LogP contribution in [0.4, 0.5) is 0 Å². The molecule has 0 atom stereocenters. The van der Waals surface area contributed by atoms with E-state index in [1.165, 1.54) is 6.08 Å². The molecule has 1 N–H and O–H groups in total. The number of rotatable bonds is 3. The van der Waals surface area contributed by atoms with Crippen molar-refractivity contribution < 1.29 is 14.3 Å². The number of nitrogens with zero attached hydrogens (tertiary/aromatic N) is 1. The Morgan fingerprint density at radius 1 is 1.37 bits per heavy atom. The minimum Gasteiger partial charge on any atom is -0.486 e. The van der Waals surface area contributed by atoms with Crippen LogP contribution >= 0.6 is 11.6 Å². The SMILES string of the molecule is CN(C)NC(=O)/C=C/c1cc(Cl)c2c(c1)OCCO2. The highest BCUT2D eigenvalue weighted by Crippen LogP contribution is 2.38. The maximum atomic E-state index is 11.5. The van der Waals surface area contributed by atoms with E-state index < -0.39 is 0 Å². The molecule has 0 bridgehead atoms. The largest absolute Gasteiger partial charge is 0.486 e. The Balaban J connectivity index is 2.15. The van der Waals surface area contributed by atoms with E-state index in [2.05, 4.69) is 5.43 Å². The molecular formula is C13H15ClN2O3. The summed E-state index contributed by atoms with van der Waals surface area (Å²) in [5.41, 5.74) is 3.39. The van der Waals surface area contributed by atoms with Gasteiger partial charge < -0.3 is 9.47 Å². The highest BCUT2D eigenvalue weighted by Gasteiger charge is 2.15. The first kappa shape index (κ1) is 13.7. The molecule has 0 aromatic heterocycles. The smallest absolute Gasteiger partial charge is 0.258 e. The summed E-state index contributed by atoms with van der Waals surface area (Å²) in [7, 11) is 3.49. The van der Waals surface area contributed by atoms with Gasteiger partial charge in [0, 0.05) is 20.2 Å². The fourth-order valence-electron chi connectivity index (χ4n) is 1.66. The summed E-state index contributed by atoms with van der Waals surface area (Å²) in [4.78, 5) is 11.5. The Morgan fingerprint density at radius 3 is 2.84 bits per heavy atom. The molecule has 0 radical (unpaired) electrons. The molecule has 102 valence electrons. The number of ether oxygens (including phenoxy) is 2. The highest BCUT2D eigenvalue weighted by molar-refractivity contribution is 6.32. The van der Waals surface area contributed by atoms with E-state index >= 15 is 0 Å². The van der Waals surface area contributed by atoms with Gasteiger partial charge in [-0.05, 0) is 23.8 Å². The Labute approximate surface area is 116 Å². The third kappa shape index (κ3) is 3.62. The summed E-state index contributed by atoms with van der Waals surface area (Å²) in [6.45, 7) is 0.991. The van der Waals surface area contributed by atoms with Crippen molar-refractivity contribution >= 4 is 23.6 Å². The number of hydrogen-bond donors (Lipinski definition) is 1. The topological polar surface area (TPSA) is 50.8 Å². The second-order valence-corrected chi connectivity index (χ2v) is 4.64. The number of halogens is 1. The lowest BCUT2D eigenvalue weighted by molar-refractivity contribution is -0.119. The molecule has 1 aromatic carbocycles. The average molecular weight is 283 g/mol. The molecule has 1 amide bonds. The average Bonchev–Trinajstić information content (AvgIpc) is 2.36. The van der Waals surface area contributed by atoms with Gasteiger partial charge in [0.05, 0.1) is 5.02 Å². The summed E-state index contributed by atoms with van der Waals surface area (Å²) < 4.78 is 10.9. The van der Waals surface area contributed by atoms with Crippen molar-refractivity contribution in [3.63, 3.8) is 0 Å². The first-order valence-electron chi connectivity index (χ1n) is 5.81. The van der Waals surface area contributed by atoms with Gasteiger partial charge in [-0.2, -0.15) is 0 Å². The van der Waals surface area contributed by atoms with E-state index in [1.807, 2.05) is 0 Å². The normalized spacial score (nSPS) is 13.9. The number of carbonyl (C=O) groups is 1. The lowest BCUT2D eigenvalue weighted by atomic mass is 10.1. The van der Waals surface area contributed by atoms with Crippen molar-refractivity contribution in [1.29, 1.82) is 0 Å². The lowest BCUT2D eigenvalue weighted by Crippen LogP contribution is -2.34. The quantitative estimate of drug-likeness (QED) is 0.677. The van der Waals surface area contributed by atoms with Gasteiger partial charge in [0.25, 0.3) is 5.91 Å². The third-order valence-corrected chi connectivity index (χ3v) is 2.66. The van der Waals surface area contributed by atoms with Crippen LogP contribution in [-0.2, 0) is 4.79 Å². The van der Waals surface area contributed by atoms with Crippen LogP contribution in [0.3, 0.4) is 0 Å². The minimum atomic E-state index is -0.212. The molecule has 1 aliphatic rings. The molecule has 0 saturated carbocycles. The van der Waals surface area contributed by atoms with Gasteiger partial charge in [0.1, 0.15) is 13.2 Å². The predicted octanol–water partition coefficient (Wildman–Crippen LogP) is 1.72. The fraction of sp³-hybridized carbons (Fsp3) is 0.308. The van der Waals surface area contributed by atoms with E-state index in [1.54, 1.807) is 37.3 Å². The molecule has 1 heterocycles. The van der Waals surface area contributed by atoms with Crippen molar-refractivity contribution in [1.82, 2.24) is 10.4 Å². The second kappa shape index (κ2) is 5.95. The molecule has 6 heteroatoms.